The van der Waals surface area contributed by atoms with Crippen molar-refractivity contribution in [3.05, 3.63) is 47.4 Å². The van der Waals surface area contributed by atoms with Gasteiger partial charge in [-0.25, -0.2) is 9.37 Å². The van der Waals surface area contributed by atoms with E-state index in [0.717, 1.165) is 18.8 Å². The standard InChI is InChI=1S/C14H14ClFN2O/c1-2-6-17-14-9-11(5-7-18-14)19-10-3-4-12(15)13(16)8-10/h3-5,7-9H,2,6H2,1H3,(H,17,18). The molecule has 100 valence electrons. The van der Waals surface area contributed by atoms with Gasteiger partial charge in [0, 0.05) is 24.9 Å². The lowest BCUT2D eigenvalue weighted by atomic mass is 10.3. The van der Waals surface area contributed by atoms with Crippen molar-refractivity contribution in [3.63, 3.8) is 0 Å². The lowest BCUT2D eigenvalue weighted by molar-refractivity contribution is 0.476. The van der Waals surface area contributed by atoms with Crippen LogP contribution in [0.15, 0.2) is 36.5 Å². The smallest absolute Gasteiger partial charge is 0.145 e. The molecule has 1 aromatic carbocycles. The molecule has 0 aliphatic heterocycles. The molecule has 0 aliphatic rings. The average molecular weight is 281 g/mol. The summed E-state index contributed by atoms with van der Waals surface area (Å²) >= 11 is 5.62. The van der Waals surface area contributed by atoms with Crippen LogP contribution in [-0.2, 0) is 0 Å². The Morgan fingerprint density at radius 2 is 2.05 bits per heavy atom. The number of aromatic nitrogens is 1. The molecule has 0 radical (unpaired) electrons. The Labute approximate surface area is 116 Å². The first-order chi connectivity index (χ1) is 9.19. The van der Waals surface area contributed by atoms with Crippen LogP contribution in [0.25, 0.3) is 0 Å². The highest BCUT2D eigenvalue weighted by atomic mass is 35.5. The van der Waals surface area contributed by atoms with Gasteiger partial charge in [-0.3, -0.25) is 0 Å². The molecule has 0 saturated carbocycles. The number of nitrogens with zero attached hydrogens (tertiary/aromatic N) is 1. The van der Waals surface area contributed by atoms with Crippen molar-refractivity contribution in [2.75, 3.05) is 11.9 Å². The van der Waals surface area contributed by atoms with E-state index in [-0.39, 0.29) is 5.02 Å². The van der Waals surface area contributed by atoms with Crippen LogP contribution in [0.5, 0.6) is 11.5 Å². The fourth-order valence-electron chi connectivity index (χ4n) is 1.50. The summed E-state index contributed by atoms with van der Waals surface area (Å²) in [7, 11) is 0. The van der Waals surface area contributed by atoms with Crippen LogP contribution in [-0.4, -0.2) is 11.5 Å². The first-order valence-electron chi connectivity index (χ1n) is 6.02. The second kappa shape index (κ2) is 6.38. The van der Waals surface area contributed by atoms with Crippen LogP contribution >= 0.6 is 11.6 Å². The van der Waals surface area contributed by atoms with Gasteiger partial charge in [-0.15, -0.1) is 0 Å². The number of ether oxygens (including phenoxy) is 1. The van der Waals surface area contributed by atoms with Crippen molar-refractivity contribution in [2.45, 2.75) is 13.3 Å². The van der Waals surface area contributed by atoms with Crippen molar-refractivity contribution in [2.24, 2.45) is 0 Å². The largest absolute Gasteiger partial charge is 0.457 e. The third kappa shape index (κ3) is 3.83. The van der Waals surface area contributed by atoms with Gasteiger partial charge in [0.15, 0.2) is 0 Å². The number of hydrogen-bond acceptors (Lipinski definition) is 3. The summed E-state index contributed by atoms with van der Waals surface area (Å²) in [5, 5.41) is 3.23. The maximum absolute atomic E-state index is 13.3. The van der Waals surface area contributed by atoms with E-state index in [1.807, 2.05) is 0 Å². The third-order valence-electron chi connectivity index (χ3n) is 2.41. The Kier molecular flexibility index (Phi) is 4.58. The molecule has 0 amide bonds. The molecule has 3 nitrogen and oxygen atoms in total. The highest BCUT2D eigenvalue weighted by Crippen LogP contribution is 2.26. The second-order valence-electron chi connectivity index (χ2n) is 3.98. The predicted molar refractivity (Wildman–Crippen MR) is 74.5 cm³/mol. The molecule has 1 aromatic heterocycles. The Morgan fingerprint density at radius 3 is 2.79 bits per heavy atom. The van der Waals surface area contributed by atoms with Crippen molar-refractivity contribution in [1.82, 2.24) is 4.98 Å². The van der Waals surface area contributed by atoms with Crippen LogP contribution in [0, 0.1) is 5.82 Å². The SMILES string of the molecule is CCCNc1cc(Oc2ccc(Cl)c(F)c2)ccn1. The number of nitrogens with one attached hydrogen (secondary N) is 1. The quantitative estimate of drug-likeness (QED) is 0.876. The van der Waals surface area contributed by atoms with E-state index in [2.05, 4.69) is 17.2 Å². The highest BCUT2D eigenvalue weighted by molar-refractivity contribution is 6.30. The maximum atomic E-state index is 13.3. The van der Waals surface area contributed by atoms with E-state index in [9.17, 15) is 4.39 Å². The van der Waals surface area contributed by atoms with Crippen LogP contribution in [0.1, 0.15) is 13.3 Å². The minimum atomic E-state index is -0.502. The van der Waals surface area contributed by atoms with E-state index in [4.69, 9.17) is 16.3 Å². The fraction of sp³-hybridized carbons (Fsp3) is 0.214. The Hall–Kier alpha value is -1.81. The predicted octanol–water partition coefficient (Wildman–Crippen LogP) is 4.49. The summed E-state index contributed by atoms with van der Waals surface area (Å²) < 4.78 is 18.8. The van der Waals surface area contributed by atoms with Gasteiger partial charge in [0.05, 0.1) is 5.02 Å². The molecule has 0 saturated heterocycles. The zero-order chi connectivity index (χ0) is 13.7. The molecule has 0 fully saturated rings. The molecule has 5 heteroatoms. The summed E-state index contributed by atoms with van der Waals surface area (Å²) in [6.45, 7) is 2.91. The summed E-state index contributed by atoms with van der Waals surface area (Å²) in [5.74, 6) is 1.22. The van der Waals surface area contributed by atoms with Crippen molar-refractivity contribution in [3.8, 4) is 11.5 Å². The molecule has 0 bridgehead atoms. The van der Waals surface area contributed by atoms with Crippen LogP contribution in [0.2, 0.25) is 5.02 Å². The minimum absolute atomic E-state index is 0.0763. The van der Waals surface area contributed by atoms with Gasteiger partial charge in [0.1, 0.15) is 23.1 Å². The third-order valence-corrected chi connectivity index (χ3v) is 2.72. The van der Waals surface area contributed by atoms with Crippen LogP contribution in [0.3, 0.4) is 0 Å². The number of anilines is 1. The van der Waals surface area contributed by atoms with Gasteiger partial charge in [0.2, 0.25) is 0 Å². The normalized spacial score (nSPS) is 10.3. The van der Waals surface area contributed by atoms with E-state index in [1.165, 1.54) is 12.1 Å². The second-order valence-corrected chi connectivity index (χ2v) is 4.39. The number of rotatable bonds is 5. The van der Waals surface area contributed by atoms with Gasteiger partial charge in [-0.2, -0.15) is 0 Å². The van der Waals surface area contributed by atoms with Crippen LogP contribution < -0.4 is 10.1 Å². The number of hydrogen-bond donors (Lipinski definition) is 1. The minimum Gasteiger partial charge on any atom is -0.457 e. The summed E-state index contributed by atoms with van der Waals surface area (Å²) in [5.41, 5.74) is 0. The number of benzene rings is 1. The maximum Gasteiger partial charge on any atom is 0.145 e. The Balaban J connectivity index is 2.11. The fourth-order valence-corrected chi connectivity index (χ4v) is 1.62. The molecule has 0 spiro atoms. The summed E-state index contributed by atoms with van der Waals surface area (Å²) in [6, 6.07) is 7.81. The van der Waals surface area contributed by atoms with E-state index >= 15 is 0 Å². The van der Waals surface area contributed by atoms with Crippen molar-refractivity contribution < 1.29 is 9.13 Å². The van der Waals surface area contributed by atoms with Crippen molar-refractivity contribution in [1.29, 1.82) is 0 Å². The zero-order valence-electron chi connectivity index (χ0n) is 10.5. The van der Waals surface area contributed by atoms with Crippen LogP contribution in [0.4, 0.5) is 10.2 Å². The van der Waals surface area contributed by atoms with Gasteiger partial charge in [-0.05, 0) is 24.6 Å². The molecule has 0 atom stereocenters. The molecular weight excluding hydrogens is 267 g/mol. The lowest BCUT2D eigenvalue weighted by Crippen LogP contribution is -2.01. The van der Waals surface area contributed by atoms with Gasteiger partial charge >= 0.3 is 0 Å². The summed E-state index contributed by atoms with van der Waals surface area (Å²) in [6.07, 6.45) is 2.65. The molecule has 1 N–H and O–H groups in total. The molecular formula is C14H14ClFN2O. The molecule has 2 rings (SSSR count). The molecule has 2 aromatic rings. The zero-order valence-corrected chi connectivity index (χ0v) is 11.2. The molecule has 19 heavy (non-hydrogen) atoms. The van der Waals surface area contributed by atoms with E-state index in [0.29, 0.717) is 11.5 Å². The molecule has 0 unspecified atom stereocenters. The lowest BCUT2D eigenvalue weighted by Gasteiger charge is -2.08. The van der Waals surface area contributed by atoms with E-state index < -0.39 is 5.82 Å². The molecule has 0 aliphatic carbocycles. The first kappa shape index (κ1) is 13.6. The average Bonchev–Trinajstić information content (AvgIpc) is 2.41. The van der Waals surface area contributed by atoms with E-state index in [1.54, 1.807) is 24.4 Å². The first-order valence-corrected chi connectivity index (χ1v) is 6.39. The Bertz CT molecular complexity index is 563. The number of halogens is 2. The highest BCUT2D eigenvalue weighted by Gasteiger charge is 2.04. The Morgan fingerprint density at radius 1 is 1.26 bits per heavy atom. The van der Waals surface area contributed by atoms with Gasteiger partial charge in [0.25, 0.3) is 0 Å². The summed E-state index contributed by atoms with van der Waals surface area (Å²) in [4.78, 5) is 4.16. The number of pyridine rings is 1. The molecule has 1 heterocycles. The van der Waals surface area contributed by atoms with Gasteiger partial charge in [-0.1, -0.05) is 18.5 Å². The monoisotopic (exact) mass is 280 g/mol. The van der Waals surface area contributed by atoms with Crippen molar-refractivity contribution >= 4 is 17.4 Å². The van der Waals surface area contributed by atoms with Gasteiger partial charge < -0.3 is 10.1 Å². The topological polar surface area (TPSA) is 34.1 Å².